The zero-order chi connectivity index (χ0) is 11.4. The summed E-state index contributed by atoms with van der Waals surface area (Å²) in [5.41, 5.74) is 1.13. The number of hydrogen-bond donors (Lipinski definition) is 0. The van der Waals surface area contributed by atoms with Crippen molar-refractivity contribution in [1.82, 2.24) is 14.5 Å². The van der Waals surface area contributed by atoms with E-state index in [1.165, 1.54) is 32.4 Å². The second kappa shape index (κ2) is 5.69. The van der Waals surface area contributed by atoms with Crippen LogP contribution in [0.5, 0.6) is 0 Å². The Morgan fingerprint density at radius 1 is 1.44 bits per heavy atom. The molecule has 90 valence electrons. The van der Waals surface area contributed by atoms with Gasteiger partial charge in [0.05, 0.1) is 17.9 Å². The van der Waals surface area contributed by atoms with Gasteiger partial charge in [0.1, 0.15) is 0 Å². The Morgan fingerprint density at radius 3 is 2.88 bits per heavy atom. The summed E-state index contributed by atoms with van der Waals surface area (Å²) in [6.45, 7) is 3.56. The van der Waals surface area contributed by atoms with Gasteiger partial charge >= 0.3 is 0 Å². The third-order valence-electron chi connectivity index (χ3n) is 3.55. The predicted molar refractivity (Wildman–Crippen MR) is 66.6 cm³/mol. The fourth-order valence-corrected chi connectivity index (χ4v) is 2.56. The van der Waals surface area contributed by atoms with Crippen LogP contribution in [-0.2, 0) is 12.4 Å². The molecule has 0 amide bonds. The van der Waals surface area contributed by atoms with Crippen LogP contribution >= 0.6 is 11.6 Å². The summed E-state index contributed by atoms with van der Waals surface area (Å²) in [5.74, 6) is 1.44. The number of imidazole rings is 1. The van der Waals surface area contributed by atoms with E-state index < -0.39 is 0 Å². The first-order chi connectivity index (χ1) is 7.79. The monoisotopic (exact) mass is 241 g/mol. The molecule has 0 unspecified atom stereocenters. The Balaban J connectivity index is 1.79. The summed E-state index contributed by atoms with van der Waals surface area (Å²) in [6, 6.07) is 0. The van der Waals surface area contributed by atoms with Gasteiger partial charge < -0.3 is 9.47 Å². The highest BCUT2D eigenvalue weighted by Gasteiger charge is 2.16. The molecule has 4 heteroatoms. The molecule has 1 aromatic rings. The van der Waals surface area contributed by atoms with Gasteiger partial charge in [-0.05, 0) is 45.3 Å². The van der Waals surface area contributed by atoms with Crippen molar-refractivity contribution in [3.63, 3.8) is 0 Å². The molecule has 1 fully saturated rings. The molecule has 1 aliphatic heterocycles. The van der Waals surface area contributed by atoms with Crippen molar-refractivity contribution in [2.24, 2.45) is 5.92 Å². The minimum absolute atomic E-state index is 0.563. The van der Waals surface area contributed by atoms with E-state index >= 15 is 0 Å². The average Bonchev–Trinajstić information content (AvgIpc) is 2.76. The van der Waals surface area contributed by atoms with Crippen molar-refractivity contribution < 1.29 is 0 Å². The molecule has 0 aromatic carbocycles. The van der Waals surface area contributed by atoms with E-state index in [-0.39, 0.29) is 0 Å². The molecule has 0 spiro atoms. The topological polar surface area (TPSA) is 21.1 Å². The van der Waals surface area contributed by atoms with Crippen molar-refractivity contribution in [1.29, 1.82) is 0 Å². The minimum Gasteiger partial charge on any atom is -0.333 e. The maximum Gasteiger partial charge on any atom is 0.0948 e. The molecule has 1 saturated heterocycles. The zero-order valence-corrected chi connectivity index (χ0v) is 10.7. The van der Waals surface area contributed by atoms with Gasteiger partial charge in [-0.1, -0.05) is 0 Å². The first-order valence-electron chi connectivity index (χ1n) is 6.03. The van der Waals surface area contributed by atoms with Crippen molar-refractivity contribution in [2.45, 2.75) is 31.7 Å². The predicted octanol–water partition coefficient (Wildman–Crippen LogP) is 2.35. The van der Waals surface area contributed by atoms with E-state index in [4.69, 9.17) is 11.6 Å². The molecule has 0 aliphatic carbocycles. The van der Waals surface area contributed by atoms with E-state index in [2.05, 4.69) is 21.5 Å². The van der Waals surface area contributed by atoms with Crippen LogP contribution in [0.25, 0.3) is 0 Å². The molecule has 0 saturated carbocycles. The molecule has 1 aliphatic rings. The lowest BCUT2D eigenvalue weighted by Gasteiger charge is -2.29. The number of aryl methyl sites for hydroxylation is 1. The number of likely N-dealkylation sites (tertiary alicyclic amines) is 1. The molecule has 2 heterocycles. The summed E-state index contributed by atoms with van der Waals surface area (Å²) >= 11 is 5.85. The molecule has 0 bridgehead atoms. The zero-order valence-electron chi connectivity index (χ0n) is 9.90. The second-order valence-corrected chi connectivity index (χ2v) is 5.01. The molecule has 0 radical (unpaired) electrons. The van der Waals surface area contributed by atoms with Crippen molar-refractivity contribution in [3.8, 4) is 0 Å². The van der Waals surface area contributed by atoms with Crippen LogP contribution in [0.2, 0.25) is 0 Å². The van der Waals surface area contributed by atoms with Crippen LogP contribution < -0.4 is 0 Å². The van der Waals surface area contributed by atoms with Gasteiger partial charge in [0, 0.05) is 12.7 Å². The van der Waals surface area contributed by atoms with Gasteiger partial charge in [-0.3, -0.25) is 0 Å². The lowest BCUT2D eigenvalue weighted by atomic mass is 9.94. The quantitative estimate of drug-likeness (QED) is 0.755. The van der Waals surface area contributed by atoms with Crippen LogP contribution in [0, 0.1) is 5.92 Å². The molecule has 2 rings (SSSR count). The summed E-state index contributed by atoms with van der Waals surface area (Å²) in [7, 11) is 2.21. The molecule has 16 heavy (non-hydrogen) atoms. The molecule has 3 nitrogen and oxygen atoms in total. The van der Waals surface area contributed by atoms with Crippen molar-refractivity contribution in [2.75, 3.05) is 20.1 Å². The van der Waals surface area contributed by atoms with Crippen LogP contribution in [0.3, 0.4) is 0 Å². The molecule has 0 atom stereocenters. The standard InChI is InChI=1S/C12H20ClN3/c1-15-5-2-11(3-6-15)4-7-16-10-14-9-12(16)8-13/h9-11H,2-8H2,1H3. The summed E-state index contributed by atoms with van der Waals surface area (Å²) in [5, 5.41) is 0. The number of aromatic nitrogens is 2. The Labute approximate surface area is 102 Å². The Kier molecular flexibility index (Phi) is 4.24. The van der Waals surface area contributed by atoms with E-state index in [0.717, 1.165) is 18.2 Å². The van der Waals surface area contributed by atoms with Crippen LogP contribution in [0.15, 0.2) is 12.5 Å². The highest BCUT2D eigenvalue weighted by molar-refractivity contribution is 6.16. The number of piperidine rings is 1. The summed E-state index contributed by atoms with van der Waals surface area (Å²) in [6.07, 6.45) is 7.69. The van der Waals surface area contributed by atoms with E-state index in [0.29, 0.717) is 5.88 Å². The Hall–Kier alpha value is -0.540. The van der Waals surface area contributed by atoms with Gasteiger partial charge in [-0.25, -0.2) is 4.98 Å². The normalized spacial score (nSPS) is 19.1. The third-order valence-corrected chi connectivity index (χ3v) is 3.83. The highest BCUT2D eigenvalue weighted by Crippen LogP contribution is 2.20. The first kappa shape index (κ1) is 11.9. The van der Waals surface area contributed by atoms with Gasteiger partial charge in [0.25, 0.3) is 0 Å². The van der Waals surface area contributed by atoms with Gasteiger partial charge in [0.15, 0.2) is 0 Å². The SMILES string of the molecule is CN1CCC(CCn2cncc2CCl)CC1. The largest absolute Gasteiger partial charge is 0.333 e. The number of halogens is 1. The first-order valence-corrected chi connectivity index (χ1v) is 6.56. The fraction of sp³-hybridized carbons (Fsp3) is 0.750. The van der Waals surface area contributed by atoms with Crippen LogP contribution in [0.1, 0.15) is 25.0 Å². The van der Waals surface area contributed by atoms with Crippen molar-refractivity contribution >= 4 is 11.6 Å². The number of rotatable bonds is 4. The number of hydrogen-bond acceptors (Lipinski definition) is 2. The maximum absolute atomic E-state index is 5.85. The van der Waals surface area contributed by atoms with Crippen molar-refractivity contribution in [3.05, 3.63) is 18.2 Å². The molecular formula is C12H20ClN3. The van der Waals surface area contributed by atoms with Gasteiger partial charge in [-0.15, -0.1) is 11.6 Å². The second-order valence-electron chi connectivity index (χ2n) is 4.75. The number of alkyl halides is 1. The smallest absolute Gasteiger partial charge is 0.0948 e. The summed E-state index contributed by atoms with van der Waals surface area (Å²) in [4.78, 5) is 6.55. The van der Waals surface area contributed by atoms with Crippen LogP contribution in [-0.4, -0.2) is 34.6 Å². The highest BCUT2D eigenvalue weighted by atomic mass is 35.5. The maximum atomic E-state index is 5.85. The lowest BCUT2D eigenvalue weighted by Crippen LogP contribution is -2.30. The molecular weight excluding hydrogens is 222 g/mol. The molecule has 1 aromatic heterocycles. The average molecular weight is 242 g/mol. The lowest BCUT2D eigenvalue weighted by molar-refractivity contribution is 0.207. The Morgan fingerprint density at radius 2 is 2.19 bits per heavy atom. The van der Waals surface area contributed by atoms with E-state index in [1.54, 1.807) is 0 Å². The van der Waals surface area contributed by atoms with Crippen LogP contribution in [0.4, 0.5) is 0 Å². The fourth-order valence-electron chi connectivity index (χ4n) is 2.33. The van der Waals surface area contributed by atoms with Gasteiger partial charge in [-0.2, -0.15) is 0 Å². The Bertz CT molecular complexity index is 316. The third kappa shape index (κ3) is 2.98. The van der Waals surface area contributed by atoms with E-state index in [1.807, 2.05) is 12.5 Å². The minimum atomic E-state index is 0.563. The van der Waals surface area contributed by atoms with Gasteiger partial charge in [0.2, 0.25) is 0 Å². The van der Waals surface area contributed by atoms with E-state index in [9.17, 15) is 0 Å². The molecule has 0 N–H and O–H groups in total. The number of nitrogens with zero attached hydrogens (tertiary/aromatic N) is 3. The summed E-state index contributed by atoms with van der Waals surface area (Å²) < 4.78 is 2.19.